The van der Waals surface area contributed by atoms with Crippen molar-refractivity contribution in [1.82, 2.24) is 16.3 Å². The normalized spacial score (nSPS) is 31.1. The van der Waals surface area contributed by atoms with Gasteiger partial charge in [0.1, 0.15) is 12.0 Å². The second-order valence-corrected chi connectivity index (χ2v) is 4.99. The van der Waals surface area contributed by atoms with Crippen molar-refractivity contribution in [2.24, 2.45) is 11.0 Å². The number of hydrazone groups is 1. The third-order valence-electron chi connectivity index (χ3n) is 3.67. The molecule has 0 spiro atoms. The number of hydrazine groups is 1. The van der Waals surface area contributed by atoms with Crippen molar-refractivity contribution in [1.29, 1.82) is 0 Å². The van der Waals surface area contributed by atoms with Crippen molar-refractivity contribution >= 4 is 5.84 Å². The van der Waals surface area contributed by atoms with Gasteiger partial charge in [-0.2, -0.15) is 5.10 Å². The van der Waals surface area contributed by atoms with Crippen molar-refractivity contribution in [2.75, 3.05) is 0 Å². The number of nitrogens with zero attached hydrogens (tertiary/aromatic N) is 1. The van der Waals surface area contributed by atoms with Gasteiger partial charge >= 0.3 is 0 Å². The van der Waals surface area contributed by atoms with E-state index in [0.717, 1.165) is 31.5 Å². The van der Waals surface area contributed by atoms with Gasteiger partial charge in [0.15, 0.2) is 0 Å². The van der Waals surface area contributed by atoms with E-state index in [1.54, 1.807) is 0 Å². The highest BCUT2D eigenvalue weighted by Gasteiger charge is 2.22. The average Bonchev–Trinajstić information content (AvgIpc) is 2.49. The zero-order valence-corrected chi connectivity index (χ0v) is 10.5. The van der Waals surface area contributed by atoms with Crippen LogP contribution in [0, 0.1) is 5.92 Å². The molecule has 0 aromatic rings. The van der Waals surface area contributed by atoms with Crippen LogP contribution in [0.1, 0.15) is 32.1 Å². The van der Waals surface area contributed by atoms with E-state index >= 15 is 0 Å². The molecule has 2 atom stereocenters. The minimum absolute atomic E-state index is 0.0874. The van der Waals surface area contributed by atoms with Crippen LogP contribution in [-0.4, -0.2) is 12.0 Å². The van der Waals surface area contributed by atoms with Crippen molar-refractivity contribution in [3.05, 3.63) is 36.0 Å². The third-order valence-corrected chi connectivity index (χ3v) is 3.67. The maximum absolute atomic E-state index is 4.49. The van der Waals surface area contributed by atoms with Gasteiger partial charge in [-0.05, 0) is 37.7 Å². The molecule has 2 aliphatic carbocycles. The highest BCUT2D eigenvalue weighted by Crippen LogP contribution is 2.20. The molecule has 0 aromatic carbocycles. The number of amidine groups is 1. The zero-order chi connectivity index (χ0) is 12.2. The number of hydrogen-bond donors (Lipinski definition) is 3. The molecule has 0 saturated carbocycles. The predicted octanol–water partition coefficient (Wildman–Crippen LogP) is 1.96. The van der Waals surface area contributed by atoms with Crippen LogP contribution in [0.2, 0.25) is 0 Å². The molecule has 0 radical (unpaired) electrons. The summed E-state index contributed by atoms with van der Waals surface area (Å²) in [4.78, 5) is 0. The topological polar surface area (TPSA) is 48.5 Å². The molecule has 1 heterocycles. The van der Waals surface area contributed by atoms with E-state index in [1.165, 1.54) is 12.0 Å². The summed E-state index contributed by atoms with van der Waals surface area (Å²) in [5.74, 6) is 1.56. The van der Waals surface area contributed by atoms with Crippen LogP contribution in [-0.2, 0) is 0 Å². The monoisotopic (exact) mass is 244 g/mol. The van der Waals surface area contributed by atoms with E-state index in [4.69, 9.17) is 0 Å². The Bertz CT molecular complexity index is 420. The molecule has 4 heteroatoms. The Morgan fingerprint density at radius 2 is 2.11 bits per heavy atom. The maximum Gasteiger partial charge on any atom is 0.139 e. The lowest BCUT2D eigenvalue weighted by atomic mass is 9.93. The lowest BCUT2D eigenvalue weighted by Crippen LogP contribution is -2.57. The smallest absolute Gasteiger partial charge is 0.139 e. The van der Waals surface area contributed by atoms with E-state index in [2.05, 4.69) is 51.8 Å². The molecule has 0 amide bonds. The van der Waals surface area contributed by atoms with E-state index < -0.39 is 0 Å². The second-order valence-electron chi connectivity index (χ2n) is 4.99. The summed E-state index contributed by atoms with van der Waals surface area (Å²) in [5.41, 5.74) is 11.0. The minimum Gasteiger partial charge on any atom is -0.305 e. The highest BCUT2D eigenvalue weighted by atomic mass is 15.6. The lowest BCUT2D eigenvalue weighted by molar-refractivity contribution is 0.418. The van der Waals surface area contributed by atoms with Gasteiger partial charge in [0.2, 0.25) is 0 Å². The third kappa shape index (κ3) is 2.48. The SMILES string of the molecule is C1=CC(C2NN=C([C@@H]3CC=CCC3)NN2)=CCC1. The average molecular weight is 244 g/mol. The lowest BCUT2D eigenvalue weighted by Gasteiger charge is -2.30. The molecule has 0 saturated heterocycles. The fourth-order valence-corrected chi connectivity index (χ4v) is 2.58. The van der Waals surface area contributed by atoms with Crippen molar-refractivity contribution in [2.45, 2.75) is 38.3 Å². The first-order valence-electron chi connectivity index (χ1n) is 6.80. The maximum atomic E-state index is 4.49. The van der Waals surface area contributed by atoms with Crippen LogP contribution < -0.4 is 16.3 Å². The Labute approximate surface area is 108 Å². The molecule has 1 unspecified atom stereocenters. The molecular formula is C14H20N4. The van der Waals surface area contributed by atoms with Crippen LogP contribution in [0.15, 0.2) is 41.1 Å². The second kappa shape index (κ2) is 5.40. The number of hydrogen-bond acceptors (Lipinski definition) is 4. The Balaban J connectivity index is 1.62. The summed E-state index contributed by atoms with van der Waals surface area (Å²) in [6.07, 6.45) is 16.9. The quantitative estimate of drug-likeness (QED) is 0.651. The van der Waals surface area contributed by atoms with Crippen LogP contribution in [0.25, 0.3) is 0 Å². The summed E-state index contributed by atoms with van der Waals surface area (Å²) in [7, 11) is 0. The van der Waals surface area contributed by atoms with Gasteiger partial charge in [0, 0.05) is 5.92 Å². The van der Waals surface area contributed by atoms with Gasteiger partial charge < -0.3 is 5.43 Å². The number of nitrogens with one attached hydrogen (secondary N) is 3. The first-order valence-corrected chi connectivity index (χ1v) is 6.80. The van der Waals surface area contributed by atoms with Crippen LogP contribution in [0.5, 0.6) is 0 Å². The molecule has 3 N–H and O–H groups in total. The Kier molecular flexibility index (Phi) is 3.46. The summed E-state index contributed by atoms with van der Waals surface area (Å²) in [6, 6.07) is 0. The molecule has 0 bridgehead atoms. The zero-order valence-electron chi connectivity index (χ0n) is 10.5. The fraction of sp³-hybridized carbons (Fsp3) is 0.500. The van der Waals surface area contributed by atoms with Crippen molar-refractivity contribution in [3.63, 3.8) is 0 Å². The first kappa shape index (κ1) is 11.5. The van der Waals surface area contributed by atoms with Gasteiger partial charge in [-0.15, -0.1) is 0 Å². The standard InChI is InChI=1S/C14H20N4/c1-3-7-11(8-4-1)13-15-17-14(18-16-13)12-9-5-2-6-10-12/h1,3,5,9-11,14,17-18H,2,4,6-8H2,(H,15,16)/t11-/m1/s1. The van der Waals surface area contributed by atoms with E-state index in [0.29, 0.717) is 5.92 Å². The number of allylic oxidation sites excluding steroid dienone is 4. The Morgan fingerprint density at radius 3 is 2.78 bits per heavy atom. The Morgan fingerprint density at radius 1 is 1.11 bits per heavy atom. The van der Waals surface area contributed by atoms with Crippen LogP contribution >= 0.6 is 0 Å². The van der Waals surface area contributed by atoms with Gasteiger partial charge in [0.25, 0.3) is 0 Å². The van der Waals surface area contributed by atoms with E-state index in [-0.39, 0.29) is 6.17 Å². The van der Waals surface area contributed by atoms with E-state index in [1.807, 2.05) is 0 Å². The molecule has 96 valence electrons. The molecule has 0 fully saturated rings. The Hall–Kier alpha value is -1.55. The van der Waals surface area contributed by atoms with Gasteiger partial charge in [-0.25, -0.2) is 5.43 Å². The molecule has 4 nitrogen and oxygen atoms in total. The van der Waals surface area contributed by atoms with Gasteiger partial charge in [-0.3, -0.25) is 5.43 Å². The highest BCUT2D eigenvalue weighted by molar-refractivity contribution is 5.84. The largest absolute Gasteiger partial charge is 0.305 e. The molecule has 3 rings (SSSR count). The molecule has 0 aromatic heterocycles. The first-order chi connectivity index (χ1) is 8.93. The summed E-state index contributed by atoms with van der Waals surface area (Å²) in [5, 5.41) is 4.49. The van der Waals surface area contributed by atoms with Crippen LogP contribution in [0.4, 0.5) is 0 Å². The van der Waals surface area contributed by atoms with Crippen molar-refractivity contribution < 1.29 is 0 Å². The van der Waals surface area contributed by atoms with Crippen LogP contribution in [0.3, 0.4) is 0 Å². The molecule has 18 heavy (non-hydrogen) atoms. The molecular weight excluding hydrogens is 224 g/mol. The fourth-order valence-electron chi connectivity index (χ4n) is 2.58. The summed E-state index contributed by atoms with van der Waals surface area (Å²) >= 11 is 0. The number of rotatable bonds is 2. The van der Waals surface area contributed by atoms with E-state index in [9.17, 15) is 0 Å². The molecule has 1 aliphatic heterocycles. The minimum atomic E-state index is 0.0874. The van der Waals surface area contributed by atoms with Gasteiger partial charge in [0.05, 0.1) is 0 Å². The summed E-state index contributed by atoms with van der Waals surface area (Å²) in [6.45, 7) is 0. The van der Waals surface area contributed by atoms with Gasteiger partial charge in [-0.1, -0.05) is 30.4 Å². The summed E-state index contributed by atoms with van der Waals surface area (Å²) < 4.78 is 0. The molecule has 3 aliphatic rings. The van der Waals surface area contributed by atoms with Crippen molar-refractivity contribution in [3.8, 4) is 0 Å². The predicted molar refractivity (Wildman–Crippen MR) is 73.6 cm³/mol.